The van der Waals surface area contributed by atoms with Gasteiger partial charge < -0.3 is 15.0 Å². The van der Waals surface area contributed by atoms with Gasteiger partial charge in [0.05, 0.1) is 29.5 Å². The number of H-pyrrole nitrogens is 1. The van der Waals surface area contributed by atoms with Crippen molar-refractivity contribution < 1.29 is 14.0 Å². The zero-order valence-corrected chi connectivity index (χ0v) is 16.6. The standard InChI is InChI=1S/C22H19FN6O2/c1-3-19(30)25-16-6-11(2)20(14-8-24-28-21(14)16)12-4-5-18-26-17(10-29(18)9-12)27-22(31)13-7-15(13)23/h3-6,8-10,13,15H,1,7H2,2H3,(H,24,28)(H,25,30)(H,27,31)/t13-,15+/m1/s1. The largest absolute Gasteiger partial charge is 0.321 e. The van der Waals surface area contributed by atoms with Gasteiger partial charge in [-0.05, 0) is 54.3 Å². The Morgan fingerprint density at radius 3 is 2.87 bits per heavy atom. The van der Waals surface area contributed by atoms with E-state index in [2.05, 4.69) is 32.4 Å². The van der Waals surface area contributed by atoms with Crippen molar-refractivity contribution in [3.8, 4) is 11.1 Å². The van der Waals surface area contributed by atoms with Gasteiger partial charge in [0, 0.05) is 11.6 Å². The van der Waals surface area contributed by atoms with Crippen LogP contribution in [0.2, 0.25) is 0 Å². The van der Waals surface area contributed by atoms with Crippen LogP contribution in [0, 0.1) is 12.8 Å². The van der Waals surface area contributed by atoms with E-state index in [0.29, 0.717) is 22.7 Å². The van der Waals surface area contributed by atoms with E-state index in [1.54, 1.807) is 12.4 Å². The molecule has 5 rings (SSSR count). The quantitative estimate of drug-likeness (QED) is 0.431. The lowest BCUT2D eigenvalue weighted by Gasteiger charge is -2.12. The molecule has 3 N–H and O–H groups in total. The number of aromatic amines is 1. The Morgan fingerprint density at radius 1 is 1.32 bits per heavy atom. The third-order valence-electron chi connectivity index (χ3n) is 5.42. The summed E-state index contributed by atoms with van der Waals surface area (Å²) < 4.78 is 14.9. The van der Waals surface area contributed by atoms with E-state index in [1.807, 2.05) is 35.7 Å². The Morgan fingerprint density at radius 2 is 2.13 bits per heavy atom. The van der Waals surface area contributed by atoms with Crippen molar-refractivity contribution in [3.63, 3.8) is 0 Å². The highest BCUT2D eigenvalue weighted by atomic mass is 19.1. The van der Waals surface area contributed by atoms with E-state index in [9.17, 15) is 14.0 Å². The number of hydrogen-bond donors (Lipinski definition) is 3. The third-order valence-corrected chi connectivity index (χ3v) is 5.42. The molecule has 1 aromatic carbocycles. The second-order valence-electron chi connectivity index (χ2n) is 7.62. The summed E-state index contributed by atoms with van der Waals surface area (Å²) in [5.41, 5.74) is 4.81. The number of alkyl halides is 1. The number of anilines is 2. The van der Waals surface area contributed by atoms with E-state index in [4.69, 9.17) is 0 Å². The first-order valence-corrected chi connectivity index (χ1v) is 9.78. The molecule has 0 spiro atoms. The van der Waals surface area contributed by atoms with E-state index in [0.717, 1.165) is 22.1 Å². The predicted octanol–water partition coefficient (Wildman–Crippen LogP) is 3.61. The molecule has 0 unspecified atom stereocenters. The predicted molar refractivity (Wildman–Crippen MR) is 115 cm³/mol. The molecule has 2 amide bonds. The molecule has 3 aromatic heterocycles. The molecule has 9 heteroatoms. The summed E-state index contributed by atoms with van der Waals surface area (Å²) in [6.07, 6.45) is 5.76. The number of amides is 2. The zero-order chi connectivity index (χ0) is 21.7. The van der Waals surface area contributed by atoms with E-state index in [1.165, 1.54) is 6.08 Å². The monoisotopic (exact) mass is 418 g/mol. The first-order chi connectivity index (χ1) is 14.9. The number of carbonyl (C=O) groups excluding carboxylic acids is 2. The van der Waals surface area contributed by atoms with Gasteiger partial charge in [0.15, 0.2) is 5.82 Å². The number of rotatable bonds is 5. The van der Waals surface area contributed by atoms with Gasteiger partial charge in [-0.2, -0.15) is 5.10 Å². The number of nitrogens with one attached hydrogen (secondary N) is 3. The average Bonchev–Trinajstić information content (AvgIpc) is 3.13. The fourth-order valence-electron chi connectivity index (χ4n) is 3.77. The minimum atomic E-state index is -1.05. The van der Waals surface area contributed by atoms with Crippen molar-refractivity contribution in [3.05, 3.63) is 55.0 Å². The fourth-order valence-corrected chi connectivity index (χ4v) is 3.77. The molecule has 156 valence electrons. The van der Waals surface area contributed by atoms with Crippen molar-refractivity contribution in [2.45, 2.75) is 19.5 Å². The number of aromatic nitrogens is 4. The second-order valence-corrected chi connectivity index (χ2v) is 7.62. The summed E-state index contributed by atoms with van der Waals surface area (Å²) >= 11 is 0. The maximum Gasteiger partial charge on any atom is 0.247 e. The maximum atomic E-state index is 13.1. The summed E-state index contributed by atoms with van der Waals surface area (Å²) in [7, 11) is 0. The molecule has 1 saturated carbocycles. The van der Waals surface area contributed by atoms with Gasteiger partial charge in [0.25, 0.3) is 0 Å². The highest BCUT2D eigenvalue weighted by Crippen LogP contribution is 2.36. The van der Waals surface area contributed by atoms with E-state index >= 15 is 0 Å². The topological polar surface area (TPSA) is 104 Å². The number of halogens is 1. The van der Waals surface area contributed by atoms with Crippen LogP contribution >= 0.6 is 0 Å². The Balaban J connectivity index is 1.53. The molecule has 31 heavy (non-hydrogen) atoms. The molecule has 1 aliphatic rings. The second kappa shape index (κ2) is 7.05. The molecule has 1 fully saturated rings. The number of nitrogens with zero attached hydrogens (tertiary/aromatic N) is 3. The number of pyridine rings is 1. The smallest absolute Gasteiger partial charge is 0.247 e. The third kappa shape index (κ3) is 3.33. The zero-order valence-electron chi connectivity index (χ0n) is 16.6. The highest BCUT2D eigenvalue weighted by molar-refractivity contribution is 6.08. The van der Waals surface area contributed by atoms with Gasteiger partial charge in [0.1, 0.15) is 11.8 Å². The number of carbonyl (C=O) groups is 2. The molecule has 1 aliphatic carbocycles. The first-order valence-electron chi connectivity index (χ1n) is 9.78. The average molecular weight is 418 g/mol. The molecule has 0 saturated heterocycles. The van der Waals surface area contributed by atoms with Crippen LogP contribution in [-0.2, 0) is 9.59 Å². The summed E-state index contributed by atoms with van der Waals surface area (Å²) in [5.74, 6) is -0.835. The van der Waals surface area contributed by atoms with Crippen LogP contribution < -0.4 is 10.6 Å². The van der Waals surface area contributed by atoms with Gasteiger partial charge in [-0.15, -0.1) is 0 Å². The van der Waals surface area contributed by atoms with Gasteiger partial charge in [-0.1, -0.05) is 6.58 Å². The molecule has 8 nitrogen and oxygen atoms in total. The first kappa shape index (κ1) is 19.0. The van der Waals surface area contributed by atoms with Gasteiger partial charge >= 0.3 is 0 Å². The SMILES string of the molecule is C=CC(=O)Nc1cc(C)c(-c2ccc3nc(NC(=O)[C@@H]4C[C@@H]4F)cn3c2)c2cn[nH]c12. The van der Waals surface area contributed by atoms with Gasteiger partial charge in [0.2, 0.25) is 11.8 Å². The molecule has 0 aliphatic heterocycles. The molecule has 2 atom stereocenters. The number of imidazole rings is 1. The number of hydrogen-bond acceptors (Lipinski definition) is 4. The van der Waals surface area contributed by atoms with Crippen LogP contribution in [0.4, 0.5) is 15.9 Å². The van der Waals surface area contributed by atoms with E-state index in [-0.39, 0.29) is 18.2 Å². The van der Waals surface area contributed by atoms with Crippen LogP contribution in [0.15, 0.2) is 49.4 Å². The Hall–Kier alpha value is -4.01. The van der Waals surface area contributed by atoms with Gasteiger partial charge in [-0.25, -0.2) is 9.37 Å². The molecular weight excluding hydrogens is 399 g/mol. The van der Waals surface area contributed by atoms with Crippen molar-refractivity contribution in [2.24, 2.45) is 5.92 Å². The van der Waals surface area contributed by atoms with Crippen LogP contribution in [-0.4, -0.2) is 37.6 Å². The van der Waals surface area contributed by atoms with Crippen molar-refractivity contribution in [1.82, 2.24) is 19.6 Å². The van der Waals surface area contributed by atoms with Crippen LogP contribution in [0.3, 0.4) is 0 Å². The Kier molecular flexibility index (Phi) is 4.32. The van der Waals surface area contributed by atoms with Crippen LogP contribution in [0.25, 0.3) is 27.7 Å². The molecule has 3 heterocycles. The lowest BCUT2D eigenvalue weighted by Crippen LogP contribution is -2.15. The molecule has 4 aromatic rings. The van der Waals surface area contributed by atoms with Gasteiger partial charge in [-0.3, -0.25) is 14.7 Å². The van der Waals surface area contributed by atoms with Crippen LogP contribution in [0.5, 0.6) is 0 Å². The fraction of sp³-hybridized carbons (Fsp3) is 0.182. The summed E-state index contributed by atoms with van der Waals surface area (Å²) in [6, 6.07) is 5.66. The number of fused-ring (bicyclic) bond motifs is 2. The Labute approximate surface area is 176 Å². The van der Waals surface area contributed by atoms with Crippen molar-refractivity contribution >= 4 is 39.9 Å². The lowest BCUT2D eigenvalue weighted by atomic mass is 9.97. The minimum absolute atomic E-state index is 0.270. The molecule has 0 radical (unpaired) electrons. The normalized spacial score (nSPS) is 17.6. The number of benzene rings is 1. The van der Waals surface area contributed by atoms with E-state index < -0.39 is 12.1 Å². The maximum absolute atomic E-state index is 13.1. The summed E-state index contributed by atoms with van der Waals surface area (Å²) in [4.78, 5) is 28.2. The molecule has 0 bridgehead atoms. The lowest BCUT2D eigenvalue weighted by molar-refractivity contribution is -0.117. The summed E-state index contributed by atoms with van der Waals surface area (Å²) in [6.45, 7) is 5.44. The van der Waals surface area contributed by atoms with Crippen molar-refractivity contribution in [1.29, 1.82) is 0 Å². The Bertz CT molecular complexity index is 1370. The van der Waals surface area contributed by atoms with Crippen LogP contribution in [0.1, 0.15) is 12.0 Å². The number of aryl methyl sites for hydroxylation is 1. The minimum Gasteiger partial charge on any atom is -0.321 e. The van der Waals surface area contributed by atoms with Crippen molar-refractivity contribution in [2.75, 3.05) is 10.6 Å². The summed E-state index contributed by atoms with van der Waals surface area (Å²) in [5, 5.41) is 13.4. The highest BCUT2D eigenvalue weighted by Gasteiger charge is 2.43. The molecular formula is C22H19FN6O2.